The van der Waals surface area contributed by atoms with Crippen LogP contribution in [-0.4, -0.2) is 67.3 Å². The molecule has 8 aromatic rings. The molecule has 0 bridgehead atoms. The second-order valence-electron chi connectivity index (χ2n) is 16.1. The molecule has 0 saturated carbocycles. The number of phenolic OH excluding ortho intramolecular Hbond substituents is 1. The number of rotatable bonds is 17. The number of hydrogen-bond donors (Lipinski definition) is 9. The molecule has 0 spiro atoms. The van der Waals surface area contributed by atoms with Crippen LogP contribution in [0.25, 0.3) is 10.8 Å². The molecule has 0 aliphatic carbocycles. The maximum Gasteiger partial charge on any atom is 0.313 e. The van der Waals surface area contributed by atoms with Gasteiger partial charge in [-0.15, -0.1) is 25.6 Å². The number of non-ortho nitro benzene ring substituents is 1. The van der Waals surface area contributed by atoms with Crippen LogP contribution in [0, 0.1) is 22.1 Å². The Morgan fingerprint density at radius 3 is 1.57 bits per heavy atom. The number of phenols is 1. The molecule has 0 aliphatic rings. The average molecular weight is 1180 g/mol. The number of azo groups is 4. The van der Waals surface area contributed by atoms with E-state index in [1.54, 1.807) is 0 Å². The molecule has 7 aromatic carbocycles. The van der Waals surface area contributed by atoms with Crippen molar-refractivity contribution in [3.05, 3.63) is 143 Å². The summed E-state index contributed by atoms with van der Waals surface area (Å²) in [6.07, 6.45) is -1.39. The minimum atomic E-state index is -5.29. The number of nitro groups is 1. The van der Waals surface area contributed by atoms with Crippen LogP contribution in [0.3, 0.4) is 0 Å². The molecule has 0 aliphatic heterocycles. The van der Waals surface area contributed by atoms with Gasteiger partial charge in [-0.25, -0.2) is 8.42 Å². The topological polar surface area (TPSA) is 487 Å². The Labute approximate surface area is 447 Å². The van der Waals surface area contributed by atoms with Crippen molar-refractivity contribution in [1.82, 2.24) is 9.97 Å². The monoisotopic (exact) mass is 1170 g/mol. The molecular formula is C44H32F2N16O14S4. The number of anilines is 6. The fourth-order valence-corrected chi connectivity index (χ4v) is 9.95. The largest absolute Gasteiger partial charge is 0.505 e. The Morgan fingerprint density at radius 1 is 0.537 bits per heavy atom. The maximum atomic E-state index is 13.6. The SMILES string of the molecule is Nc1cc(N)c(/N=N/c2cc(Nc3cc(F)nc(F)n3)ccc2S(=O)(=O)O)cc1/N=N/c1ccc(NS(=O)(=O)c2ccc(/N=N/c3c(S(=O)(=O)O)cc4cc(S(=O)(=O)O)c(/N=N/c5ccc([N+](=O)[O-])cc5)c(N)c4c3O)cc2)cc1. The third-order valence-electron chi connectivity index (χ3n) is 10.6. The number of halogens is 2. The zero-order valence-electron chi connectivity index (χ0n) is 39.5. The number of aromatic nitrogens is 2. The van der Waals surface area contributed by atoms with Gasteiger partial charge in [0.1, 0.15) is 48.9 Å². The normalized spacial score (nSPS) is 12.6. The molecule has 0 amide bonds. The molecule has 30 nitrogen and oxygen atoms in total. The number of benzene rings is 7. The first-order valence-corrected chi connectivity index (χ1v) is 27.3. The number of nitrogens with zero attached hydrogens (tertiary/aromatic N) is 11. The van der Waals surface area contributed by atoms with Gasteiger partial charge in [0, 0.05) is 29.6 Å². The third-order valence-corrected chi connectivity index (χ3v) is 14.7. The first-order valence-electron chi connectivity index (χ1n) is 21.5. The number of hydrogen-bond acceptors (Lipinski definition) is 25. The highest BCUT2D eigenvalue weighted by Gasteiger charge is 2.28. The van der Waals surface area contributed by atoms with E-state index in [2.05, 4.69) is 60.9 Å². The van der Waals surface area contributed by atoms with Crippen LogP contribution in [0.4, 0.5) is 94.2 Å². The van der Waals surface area contributed by atoms with Crippen molar-refractivity contribution in [2.75, 3.05) is 27.2 Å². The second kappa shape index (κ2) is 21.8. The Hall–Kier alpha value is -9.98. The van der Waals surface area contributed by atoms with E-state index < -0.39 is 111 Å². The molecule has 8 rings (SSSR count). The Balaban J connectivity index is 0.987. The van der Waals surface area contributed by atoms with Gasteiger partial charge in [-0.1, -0.05) is 0 Å². The van der Waals surface area contributed by atoms with Crippen LogP contribution in [0.15, 0.2) is 182 Å². The number of nitrogens with one attached hydrogen (secondary N) is 2. The molecule has 1 heterocycles. The summed E-state index contributed by atoms with van der Waals surface area (Å²) >= 11 is 0. The van der Waals surface area contributed by atoms with Crippen LogP contribution in [-0.2, 0) is 40.4 Å². The number of fused-ring (bicyclic) bond motifs is 1. The fourth-order valence-electron chi connectivity index (χ4n) is 6.96. The van der Waals surface area contributed by atoms with Crippen molar-refractivity contribution in [2.45, 2.75) is 19.6 Å². The van der Waals surface area contributed by atoms with E-state index in [0.717, 1.165) is 72.8 Å². The van der Waals surface area contributed by atoms with Crippen molar-refractivity contribution in [3.8, 4) is 5.75 Å². The molecule has 0 saturated heterocycles. The molecule has 0 atom stereocenters. The quantitative estimate of drug-likeness (QED) is 0.00778. The highest BCUT2D eigenvalue weighted by atomic mass is 32.2. The Kier molecular flexibility index (Phi) is 15.3. The van der Waals surface area contributed by atoms with Crippen LogP contribution in [0.1, 0.15) is 0 Å². The molecule has 0 fully saturated rings. The van der Waals surface area contributed by atoms with Crippen LogP contribution < -0.4 is 27.2 Å². The zero-order valence-corrected chi connectivity index (χ0v) is 42.7. The highest BCUT2D eigenvalue weighted by molar-refractivity contribution is 7.92. The molecule has 0 unspecified atom stereocenters. The summed E-state index contributed by atoms with van der Waals surface area (Å²) in [5.74, 6) is -2.62. The summed E-state index contributed by atoms with van der Waals surface area (Å²) in [7, 11) is -19.7. The van der Waals surface area contributed by atoms with Gasteiger partial charge in [-0.05, 0) is 109 Å². The standard InChI is InChI=1S/C44H32F2N16O14S4/c45-37-20-38(52-44(46)51-37)50-26-9-14-34(78(68,69)70)33(17-26)58-57-32-19-31(29(47)18-30(32)48)56-53-22-1-3-25(4-2-22)61-77(66,67)28-12-7-24(8-13-28)55-60-42-36(80(74,75)76)16-21-15-35(79(71,72)73)41(40(49)39(21)43(42)63)59-54-23-5-10-27(11-6-23)62(64)65/h1-20,61,63H,47-49H2,(H,50,51,52)(H,68,69,70)(H,71,72,73)(H,74,75,76)/b56-53+,58-57+,59-54+,60-55+. The smallest absolute Gasteiger partial charge is 0.313 e. The summed E-state index contributed by atoms with van der Waals surface area (Å²) in [6.45, 7) is 0. The number of nitrogen functional groups attached to an aromatic ring is 3. The Bertz CT molecular complexity index is 4430. The van der Waals surface area contributed by atoms with E-state index in [4.69, 9.17) is 17.2 Å². The summed E-state index contributed by atoms with van der Waals surface area (Å²) < 4.78 is 160. The molecule has 12 N–H and O–H groups in total. The predicted molar refractivity (Wildman–Crippen MR) is 280 cm³/mol. The summed E-state index contributed by atoms with van der Waals surface area (Å²) in [6, 6.07) is 22.0. The van der Waals surface area contributed by atoms with Crippen molar-refractivity contribution < 1.29 is 66.1 Å². The van der Waals surface area contributed by atoms with Gasteiger partial charge in [0.15, 0.2) is 5.75 Å². The molecule has 0 radical (unpaired) electrons. The van der Waals surface area contributed by atoms with E-state index in [0.29, 0.717) is 12.1 Å². The lowest BCUT2D eigenvalue weighted by atomic mass is 10.1. The van der Waals surface area contributed by atoms with Crippen LogP contribution >= 0.6 is 0 Å². The first-order chi connectivity index (χ1) is 37.5. The lowest BCUT2D eigenvalue weighted by molar-refractivity contribution is -0.384. The van der Waals surface area contributed by atoms with Crippen LogP contribution in [0.2, 0.25) is 0 Å². The minimum Gasteiger partial charge on any atom is -0.505 e. The van der Waals surface area contributed by atoms with E-state index in [9.17, 15) is 71.3 Å². The summed E-state index contributed by atoms with van der Waals surface area (Å²) in [4.78, 5) is 13.5. The van der Waals surface area contributed by atoms with Gasteiger partial charge in [-0.3, -0.25) is 28.5 Å². The van der Waals surface area contributed by atoms with Crippen molar-refractivity contribution in [2.24, 2.45) is 40.9 Å². The highest BCUT2D eigenvalue weighted by Crippen LogP contribution is 2.48. The lowest BCUT2D eigenvalue weighted by Gasteiger charge is -2.14. The van der Waals surface area contributed by atoms with Gasteiger partial charge >= 0.3 is 6.08 Å². The zero-order chi connectivity index (χ0) is 58.1. The van der Waals surface area contributed by atoms with Gasteiger partial charge < -0.3 is 27.6 Å². The van der Waals surface area contributed by atoms with E-state index in [1.807, 2.05) is 0 Å². The maximum absolute atomic E-state index is 13.6. The summed E-state index contributed by atoms with van der Waals surface area (Å²) in [5, 5.41) is 55.2. The van der Waals surface area contributed by atoms with Crippen molar-refractivity contribution in [3.63, 3.8) is 0 Å². The minimum absolute atomic E-state index is 0.00831. The second-order valence-corrected chi connectivity index (χ2v) is 21.9. The van der Waals surface area contributed by atoms with E-state index in [1.165, 1.54) is 36.4 Å². The fraction of sp³-hybridized carbons (Fsp3) is 0. The third kappa shape index (κ3) is 12.9. The molecule has 1 aromatic heterocycles. The summed E-state index contributed by atoms with van der Waals surface area (Å²) in [5.41, 5.74) is 15.2. The van der Waals surface area contributed by atoms with Crippen molar-refractivity contribution in [1.29, 1.82) is 0 Å². The number of aromatic hydroxyl groups is 1. The number of sulfonamides is 1. The van der Waals surface area contributed by atoms with Gasteiger partial charge in [0.25, 0.3) is 46.1 Å². The van der Waals surface area contributed by atoms with E-state index in [-0.39, 0.29) is 67.6 Å². The van der Waals surface area contributed by atoms with Gasteiger partial charge in [-0.2, -0.15) is 59.3 Å². The Morgan fingerprint density at radius 2 is 1.02 bits per heavy atom. The molecule has 80 heavy (non-hydrogen) atoms. The average Bonchev–Trinajstić information content (AvgIpc) is 3.58. The predicted octanol–water partition coefficient (Wildman–Crippen LogP) is 10.2. The van der Waals surface area contributed by atoms with E-state index >= 15 is 0 Å². The number of nitrogens with two attached hydrogens (primary N) is 3. The van der Waals surface area contributed by atoms with Gasteiger partial charge in [0.2, 0.25) is 5.95 Å². The molecule has 410 valence electrons. The number of nitro benzene ring substituents is 1. The van der Waals surface area contributed by atoms with Gasteiger partial charge in [0.05, 0.1) is 49.3 Å². The molecule has 36 heteroatoms. The van der Waals surface area contributed by atoms with Crippen molar-refractivity contribution >= 4 is 137 Å². The molecular weight excluding hydrogens is 1140 g/mol. The lowest BCUT2D eigenvalue weighted by Crippen LogP contribution is -2.12. The first kappa shape index (κ1) is 56.2. The van der Waals surface area contributed by atoms with Crippen LogP contribution in [0.5, 0.6) is 5.75 Å².